The van der Waals surface area contributed by atoms with Gasteiger partial charge in [0, 0.05) is 13.5 Å². The Labute approximate surface area is 96.2 Å². The second-order valence-corrected chi connectivity index (χ2v) is 3.82. The smallest absolute Gasteiger partial charge is 0.118 e. The van der Waals surface area contributed by atoms with E-state index in [-0.39, 0.29) is 5.60 Å². The van der Waals surface area contributed by atoms with Crippen LogP contribution in [-0.2, 0) is 15.1 Å². The van der Waals surface area contributed by atoms with Gasteiger partial charge in [0.1, 0.15) is 11.4 Å². The minimum absolute atomic E-state index is 0.388. The number of ether oxygens (including phenoxy) is 2. The van der Waals surface area contributed by atoms with Gasteiger partial charge in [0.25, 0.3) is 0 Å². The quantitative estimate of drug-likeness (QED) is 0.773. The van der Waals surface area contributed by atoms with Crippen molar-refractivity contribution in [3.63, 3.8) is 0 Å². The third-order valence-electron chi connectivity index (χ3n) is 2.94. The van der Waals surface area contributed by atoms with Crippen molar-refractivity contribution < 1.29 is 9.47 Å². The number of allylic oxidation sites excluding steroid dienone is 1. The summed E-state index contributed by atoms with van der Waals surface area (Å²) in [6.07, 6.45) is 6.91. The maximum atomic E-state index is 5.69. The fourth-order valence-corrected chi connectivity index (χ4v) is 2.00. The van der Waals surface area contributed by atoms with Crippen molar-refractivity contribution >= 4 is 0 Å². The number of hydrogen-bond acceptors (Lipinski definition) is 2. The fraction of sp³-hybridized carbons (Fsp3) is 0.286. The highest BCUT2D eigenvalue weighted by Crippen LogP contribution is 2.35. The van der Waals surface area contributed by atoms with E-state index in [4.69, 9.17) is 9.47 Å². The number of rotatable bonds is 3. The van der Waals surface area contributed by atoms with Crippen molar-refractivity contribution in [2.24, 2.45) is 0 Å². The van der Waals surface area contributed by atoms with Crippen LogP contribution >= 0.6 is 0 Å². The van der Waals surface area contributed by atoms with Crippen molar-refractivity contribution in [2.75, 3.05) is 14.2 Å². The van der Waals surface area contributed by atoms with Crippen LogP contribution in [0.4, 0.5) is 0 Å². The fourth-order valence-electron chi connectivity index (χ4n) is 2.00. The summed E-state index contributed by atoms with van der Waals surface area (Å²) in [5.41, 5.74) is 0.762. The van der Waals surface area contributed by atoms with E-state index < -0.39 is 0 Å². The van der Waals surface area contributed by atoms with Gasteiger partial charge in [0.05, 0.1) is 7.11 Å². The van der Waals surface area contributed by atoms with E-state index in [1.807, 2.05) is 30.4 Å². The summed E-state index contributed by atoms with van der Waals surface area (Å²) in [6, 6.07) is 10.2. The van der Waals surface area contributed by atoms with Gasteiger partial charge in [-0.3, -0.25) is 0 Å². The third kappa shape index (κ3) is 1.89. The molecular formula is C14H16O2. The maximum Gasteiger partial charge on any atom is 0.118 e. The van der Waals surface area contributed by atoms with Crippen LogP contribution in [0.15, 0.2) is 54.3 Å². The minimum atomic E-state index is -0.388. The molecule has 1 aliphatic rings. The maximum absolute atomic E-state index is 5.69. The van der Waals surface area contributed by atoms with Gasteiger partial charge in [-0.1, -0.05) is 36.4 Å². The molecule has 2 nitrogen and oxygen atoms in total. The first-order valence-corrected chi connectivity index (χ1v) is 5.35. The molecule has 0 fully saturated rings. The average Bonchev–Trinajstić information content (AvgIpc) is 2.39. The lowest BCUT2D eigenvalue weighted by molar-refractivity contribution is 0.0267. The van der Waals surface area contributed by atoms with Crippen molar-refractivity contribution in [2.45, 2.75) is 12.0 Å². The van der Waals surface area contributed by atoms with Crippen molar-refractivity contribution in [3.8, 4) is 0 Å². The second kappa shape index (κ2) is 4.54. The Balaban J connectivity index is 2.41. The molecule has 0 spiro atoms. The van der Waals surface area contributed by atoms with Crippen LogP contribution in [0, 0.1) is 0 Å². The summed E-state index contributed by atoms with van der Waals surface area (Å²) in [4.78, 5) is 0. The van der Waals surface area contributed by atoms with Crippen LogP contribution in [0.3, 0.4) is 0 Å². The summed E-state index contributed by atoms with van der Waals surface area (Å²) >= 11 is 0. The molecule has 0 N–H and O–H groups in total. The first kappa shape index (κ1) is 11.0. The first-order valence-electron chi connectivity index (χ1n) is 5.35. The standard InChI is InChI=1S/C14H16O2/c1-15-13-9-6-10-14(11-13,16-2)12-7-4-3-5-8-12/h3-9,11H,10H2,1-2H3. The molecule has 0 bridgehead atoms. The van der Waals surface area contributed by atoms with Gasteiger partial charge in [-0.15, -0.1) is 0 Å². The average molecular weight is 216 g/mol. The molecule has 0 saturated carbocycles. The van der Waals surface area contributed by atoms with E-state index in [1.54, 1.807) is 14.2 Å². The van der Waals surface area contributed by atoms with Crippen LogP contribution in [0.25, 0.3) is 0 Å². The van der Waals surface area contributed by atoms with E-state index in [1.165, 1.54) is 0 Å². The highest BCUT2D eigenvalue weighted by molar-refractivity contribution is 5.34. The molecule has 0 aliphatic heterocycles. The van der Waals surface area contributed by atoms with E-state index in [2.05, 4.69) is 18.2 Å². The summed E-state index contributed by atoms with van der Waals surface area (Å²) in [5, 5.41) is 0. The number of benzene rings is 1. The molecular weight excluding hydrogens is 200 g/mol. The zero-order chi connectivity index (χ0) is 11.4. The Morgan fingerprint density at radius 1 is 1.12 bits per heavy atom. The SMILES string of the molecule is COC1=CC(OC)(c2ccccc2)CC=C1. The van der Waals surface area contributed by atoms with Gasteiger partial charge in [0.15, 0.2) is 0 Å². The van der Waals surface area contributed by atoms with E-state index >= 15 is 0 Å². The lowest BCUT2D eigenvalue weighted by atomic mass is 9.87. The Kier molecular flexibility index (Phi) is 3.11. The molecule has 1 aromatic rings. The van der Waals surface area contributed by atoms with Gasteiger partial charge < -0.3 is 9.47 Å². The van der Waals surface area contributed by atoms with Crippen molar-refractivity contribution in [1.82, 2.24) is 0 Å². The van der Waals surface area contributed by atoms with E-state index in [9.17, 15) is 0 Å². The van der Waals surface area contributed by atoms with Gasteiger partial charge in [-0.05, 0) is 17.7 Å². The van der Waals surface area contributed by atoms with E-state index in [0.29, 0.717) is 0 Å². The molecule has 84 valence electrons. The van der Waals surface area contributed by atoms with Crippen LogP contribution in [0.1, 0.15) is 12.0 Å². The van der Waals surface area contributed by atoms with E-state index in [0.717, 1.165) is 17.7 Å². The third-order valence-corrected chi connectivity index (χ3v) is 2.94. The predicted molar refractivity (Wildman–Crippen MR) is 64.0 cm³/mol. The zero-order valence-corrected chi connectivity index (χ0v) is 9.64. The molecule has 0 radical (unpaired) electrons. The number of methoxy groups -OCH3 is 2. The summed E-state index contributed by atoms with van der Waals surface area (Å²) in [5.74, 6) is 0.844. The van der Waals surface area contributed by atoms with Crippen LogP contribution in [0.2, 0.25) is 0 Å². The Bertz CT molecular complexity index is 406. The van der Waals surface area contributed by atoms with Crippen LogP contribution in [-0.4, -0.2) is 14.2 Å². The largest absolute Gasteiger partial charge is 0.497 e. The minimum Gasteiger partial charge on any atom is -0.497 e. The molecule has 0 aromatic heterocycles. The number of hydrogen-bond donors (Lipinski definition) is 0. The van der Waals surface area contributed by atoms with Gasteiger partial charge in [0.2, 0.25) is 0 Å². The molecule has 0 saturated heterocycles. The van der Waals surface area contributed by atoms with Gasteiger partial charge in [-0.25, -0.2) is 0 Å². The van der Waals surface area contributed by atoms with Crippen molar-refractivity contribution in [1.29, 1.82) is 0 Å². The van der Waals surface area contributed by atoms with Crippen LogP contribution < -0.4 is 0 Å². The highest BCUT2D eigenvalue weighted by Gasteiger charge is 2.31. The molecule has 1 aliphatic carbocycles. The normalized spacial score (nSPS) is 24.0. The monoisotopic (exact) mass is 216 g/mol. The van der Waals surface area contributed by atoms with Gasteiger partial charge in [-0.2, -0.15) is 0 Å². The first-order chi connectivity index (χ1) is 7.80. The Morgan fingerprint density at radius 2 is 1.88 bits per heavy atom. The zero-order valence-electron chi connectivity index (χ0n) is 9.64. The Morgan fingerprint density at radius 3 is 2.50 bits per heavy atom. The molecule has 2 heteroatoms. The lowest BCUT2D eigenvalue weighted by Gasteiger charge is -2.31. The predicted octanol–water partition coefficient (Wildman–Crippen LogP) is 3.02. The molecule has 2 rings (SSSR count). The molecule has 16 heavy (non-hydrogen) atoms. The second-order valence-electron chi connectivity index (χ2n) is 3.82. The summed E-state index contributed by atoms with van der Waals surface area (Å²) in [6.45, 7) is 0. The Hall–Kier alpha value is -1.54. The molecule has 1 aromatic carbocycles. The molecule has 0 amide bonds. The molecule has 1 atom stereocenters. The topological polar surface area (TPSA) is 18.5 Å². The highest BCUT2D eigenvalue weighted by atomic mass is 16.5. The molecule has 0 heterocycles. The lowest BCUT2D eigenvalue weighted by Crippen LogP contribution is -2.27. The van der Waals surface area contributed by atoms with Crippen molar-refractivity contribution in [3.05, 3.63) is 59.9 Å². The summed E-state index contributed by atoms with van der Waals surface area (Å²) in [7, 11) is 3.41. The van der Waals surface area contributed by atoms with Crippen LogP contribution in [0.5, 0.6) is 0 Å². The summed E-state index contributed by atoms with van der Waals surface area (Å²) < 4.78 is 11.0. The molecule has 1 unspecified atom stereocenters. The van der Waals surface area contributed by atoms with Gasteiger partial charge >= 0.3 is 0 Å².